The van der Waals surface area contributed by atoms with Crippen LogP contribution >= 0.6 is 0 Å². The molecule has 0 bridgehead atoms. The minimum Gasteiger partial charge on any atom is -0.484 e. The summed E-state index contributed by atoms with van der Waals surface area (Å²) in [6.45, 7) is 4.06. The largest absolute Gasteiger partial charge is 0.484 e. The lowest BCUT2D eigenvalue weighted by Gasteiger charge is -2.16. The first-order valence-corrected chi connectivity index (χ1v) is 6.89. The van der Waals surface area contributed by atoms with Gasteiger partial charge in [0.2, 0.25) is 0 Å². The normalized spacial score (nSPS) is 11.7. The molecular weight excluding hydrogens is 264 g/mol. The number of carbonyl (C=O) groups is 1. The van der Waals surface area contributed by atoms with Gasteiger partial charge < -0.3 is 15.8 Å². The highest BCUT2D eigenvalue weighted by atomic mass is 16.5. The first-order chi connectivity index (χ1) is 10.0. The first-order valence-electron chi connectivity index (χ1n) is 6.89. The molecule has 0 fully saturated rings. The molecule has 110 valence electrons. The quantitative estimate of drug-likeness (QED) is 0.857. The van der Waals surface area contributed by atoms with Gasteiger partial charge in [-0.3, -0.25) is 4.79 Å². The smallest absolute Gasteiger partial charge is 0.255 e. The van der Waals surface area contributed by atoms with Gasteiger partial charge in [0.1, 0.15) is 5.75 Å². The fourth-order valence-electron chi connectivity index (χ4n) is 2.02. The van der Waals surface area contributed by atoms with Gasteiger partial charge in [-0.25, -0.2) is 0 Å². The lowest BCUT2D eigenvalue weighted by atomic mass is 10.1. The molecule has 0 saturated carbocycles. The fourth-order valence-corrected chi connectivity index (χ4v) is 2.02. The van der Waals surface area contributed by atoms with E-state index in [0.717, 1.165) is 5.69 Å². The lowest BCUT2D eigenvalue weighted by molar-refractivity contribution is -0.119. The van der Waals surface area contributed by atoms with Crippen molar-refractivity contribution < 1.29 is 9.53 Å². The third-order valence-electron chi connectivity index (χ3n) is 3.18. The molecule has 0 aliphatic carbocycles. The van der Waals surface area contributed by atoms with Crippen molar-refractivity contribution in [3.05, 3.63) is 59.7 Å². The number of nitrogens with two attached hydrogens (primary N) is 1. The number of carbonyl (C=O) groups excluding carboxylic acids is 1. The van der Waals surface area contributed by atoms with Gasteiger partial charge in [0.05, 0.1) is 0 Å². The molecule has 0 aliphatic heterocycles. The van der Waals surface area contributed by atoms with E-state index in [9.17, 15) is 4.79 Å². The van der Waals surface area contributed by atoms with Crippen LogP contribution in [0.4, 0.5) is 5.69 Å². The number of hydrogen-bond acceptors (Lipinski definition) is 3. The van der Waals surface area contributed by atoms with Crippen LogP contribution in [-0.2, 0) is 4.79 Å². The summed E-state index contributed by atoms with van der Waals surface area (Å²) in [4.78, 5) is 10.7. The van der Waals surface area contributed by atoms with E-state index in [-0.39, 0.29) is 12.6 Å². The molecule has 1 unspecified atom stereocenters. The lowest BCUT2D eigenvalue weighted by Crippen LogP contribution is -2.20. The van der Waals surface area contributed by atoms with Crippen LogP contribution in [0.1, 0.15) is 24.1 Å². The number of aryl methyl sites for hydroxylation is 1. The predicted molar refractivity (Wildman–Crippen MR) is 84.3 cm³/mol. The Kier molecular flexibility index (Phi) is 4.82. The fraction of sp³-hybridized carbons (Fsp3) is 0.235. The zero-order chi connectivity index (χ0) is 15.2. The summed E-state index contributed by atoms with van der Waals surface area (Å²) in [5.74, 6) is 0.135. The summed E-state index contributed by atoms with van der Waals surface area (Å²) >= 11 is 0. The zero-order valence-corrected chi connectivity index (χ0v) is 12.3. The van der Waals surface area contributed by atoms with Crippen LogP contribution in [0, 0.1) is 6.92 Å². The van der Waals surface area contributed by atoms with Gasteiger partial charge in [-0.2, -0.15) is 0 Å². The van der Waals surface area contributed by atoms with Crippen LogP contribution in [0.15, 0.2) is 48.5 Å². The van der Waals surface area contributed by atoms with E-state index < -0.39 is 5.91 Å². The molecule has 2 aromatic rings. The second-order valence-electron chi connectivity index (χ2n) is 5.06. The van der Waals surface area contributed by atoms with Crippen LogP contribution < -0.4 is 15.8 Å². The number of amides is 1. The molecule has 2 rings (SSSR count). The maximum Gasteiger partial charge on any atom is 0.255 e. The third-order valence-corrected chi connectivity index (χ3v) is 3.18. The van der Waals surface area contributed by atoms with Crippen molar-refractivity contribution in [2.45, 2.75) is 19.9 Å². The first kappa shape index (κ1) is 14.9. The number of nitrogens with one attached hydrogen (secondary N) is 1. The number of rotatable bonds is 6. The van der Waals surface area contributed by atoms with Gasteiger partial charge in [-0.05, 0) is 31.5 Å². The van der Waals surface area contributed by atoms with Gasteiger partial charge in [-0.1, -0.05) is 35.9 Å². The van der Waals surface area contributed by atoms with E-state index >= 15 is 0 Å². The number of anilines is 1. The average Bonchev–Trinajstić information content (AvgIpc) is 2.46. The minimum atomic E-state index is -0.485. The average molecular weight is 284 g/mol. The predicted octanol–water partition coefficient (Wildman–Crippen LogP) is 3.03. The SMILES string of the molecule is Cc1ccc(C(C)Nc2cccc(OCC(N)=O)c2)cc1. The second-order valence-corrected chi connectivity index (χ2v) is 5.06. The summed E-state index contributed by atoms with van der Waals surface area (Å²) in [7, 11) is 0. The Hall–Kier alpha value is -2.49. The number of primary amides is 1. The maximum atomic E-state index is 10.7. The Labute approximate surface area is 124 Å². The van der Waals surface area contributed by atoms with Gasteiger partial charge >= 0.3 is 0 Å². The van der Waals surface area contributed by atoms with Crippen LogP contribution in [0.5, 0.6) is 5.75 Å². The molecule has 3 N–H and O–H groups in total. The van der Waals surface area contributed by atoms with E-state index in [1.165, 1.54) is 11.1 Å². The van der Waals surface area contributed by atoms with E-state index in [1.54, 1.807) is 6.07 Å². The zero-order valence-electron chi connectivity index (χ0n) is 12.3. The highest BCUT2D eigenvalue weighted by Crippen LogP contribution is 2.23. The second kappa shape index (κ2) is 6.79. The summed E-state index contributed by atoms with van der Waals surface area (Å²) in [6.07, 6.45) is 0. The Morgan fingerprint density at radius 1 is 1.24 bits per heavy atom. The Balaban J connectivity index is 2.03. The topological polar surface area (TPSA) is 64.3 Å². The van der Waals surface area contributed by atoms with Crippen LogP contribution in [0.25, 0.3) is 0 Å². The molecule has 2 aromatic carbocycles. The van der Waals surface area contributed by atoms with Crippen molar-refractivity contribution in [2.24, 2.45) is 5.73 Å². The molecule has 0 radical (unpaired) electrons. The molecule has 0 saturated heterocycles. The van der Waals surface area contributed by atoms with Crippen molar-refractivity contribution in [1.29, 1.82) is 0 Å². The minimum absolute atomic E-state index is 0.114. The van der Waals surface area contributed by atoms with Gasteiger partial charge in [0.25, 0.3) is 5.91 Å². The summed E-state index contributed by atoms with van der Waals surface area (Å²) in [5.41, 5.74) is 8.46. The van der Waals surface area contributed by atoms with Crippen molar-refractivity contribution in [1.82, 2.24) is 0 Å². The van der Waals surface area contributed by atoms with Crippen molar-refractivity contribution in [3.63, 3.8) is 0 Å². The van der Waals surface area contributed by atoms with Crippen molar-refractivity contribution >= 4 is 11.6 Å². The molecule has 4 nitrogen and oxygen atoms in total. The Morgan fingerprint density at radius 2 is 1.95 bits per heavy atom. The molecule has 0 aromatic heterocycles. The highest BCUT2D eigenvalue weighted by Gasteiger charge is 2.06. The third kappa shape index (κ3) is 4.53. The molecule has 0 heterocycles. The van der Waals surface area contributed by atoms with Crippen LogP contribution in [0.2, 0.25) is 0 Å². The standard InChI is InChI=1S/C17H20N2O2/c1-12-6-8-14(9-7-12)13(2)19-15-4-3-5-16(10-15)21-11-17(18)20/h3-10,13,19H,11H2,1-2H3,(H2,18,20). The molecule has 4 heteroatoms. The van der Waals surface area contributed by atoms with Crippen LogP contribution in [0.3, 0.4) is 0 Å². The monoisotopic (exact) mass is 284 g/mol. The molecule has 21 heavy (non-hydrogen) atoms. The molecule has 0 spiro atoms. The number of hydrogen-bond donors (Lipinski definition) is 2. The summed E-state index contributed by atoms with van der Waals surface area (Å²) in [6, 6.07) is 16.1. The molecule has 1 atom stereocenters. The summed E-state index contributed by atoms with van der Waals surface area (Å²) < 4.78 is 5.30. The van der Waals surface area contributed by atoms with E-state index in [4.69, 9.17) is 10.5 Å². The number of ether oxygens (including phenoxy) is 1. The van der Waals surface area contributed by atoms with Crippen molar-refractivity contribution in [3.8, 4) is 5.75 Å². The van der Waals surface area contributed by atoms with Gasteiger partial charge in [-0.15, -0.1) is 0 Å². The van der Waals surface area contributed by atoms with E-state index in [1.807, 2.05) is 18.2 Å². The Morgan fingerprint density at radius 3 is 2.62 bits per heavy atom. The number of benzene rings is 2. The molecule has 0 aliphatic rings. The van der Waals surface area contributed by atoms with Crippen LogP contribution in [-0.4, -0.2) is 12.5 Å². The van der Waals surface area contributed by atoms with E-state index in [0.29, 0.717) is 5.75 Å². The van der Waals surface area contributed by atoms with Crippen molar-refractivity contribution in [2.75, 3.05) is 11.9 Å². The summed E-state index contributed by atoms with van der Waals surface area (Å²) in [5, 5.41) is 3.41. The van der Waals surface area contributed by atoms with Gasteiger partial charge in [0.15, 0.2) is 6.61 Å². The highest BCUT2D eigenvalue weighted by molar-refractivity contribution is 5.75. The van der Waals surface area contributed by atoms with Gasteiger partial charge in [0, 0.05) is 17.8 Å². The molecule has 1 amide bonds. The maximum absolute atomic E-state index is 10.7. The Bertz CT molecular complexity index is 608. The van der Waals surface area contributed by atoms with E-state index in [2.05, 4.69) is 43.4 Å². The molecular formula is C17H20N2O2.